The second kappa shape index (κ2) is 30.5. The number of nitrogens with two attached hydrogens (primary N) is 2. The Bertz CT molecular complexity index is 3870. The van der Waals surface area contributed by atoms with E-state index in [2.05, 4.69) is 56.5 Å². The summed E-state index contributed by atoms with van der Waals surface area (Å²) in [5.41, 5.74) is 9.41. The van der Waals surface area contributed by atoms with Crippen LogP contribution in [0.3, 0.4) is 0 Å². The number of likely N-dealkylation sites (N-methyl/N-ethyl adjacent to an activating group) is 1. The molecule has 9 rings (SSSR count). The summed E-state index contributed by atoms with van der Waals surface area (Å²) in [4.78, 5) is 161. The van der Waals surface area contributed by atoms with Crippen molar-refractivity contribution in [2.45, 2.75) is 114 Å². The summed E-state index contributed by atoms with van der Waals surface area (Å²) in [7, 11) is 1.37. The number of hydrogen-bond acceptors (Lipinski definition) is 26. The number of carboxylic acids is 1. The van der Waals surface area contributed by atoms with Crippen LogP contribution in [-0.4, -0.2) is 202 Å². The van der Waals surface area contributed by atoms with E-state index in [0.29, 0.717) is 11.3 Å². The third-order valence-corrected chi connectivity index (χ3v) is 18.6. The molecule has 4 bridgehead atoms. The highest BCUT2D eigenvalue weighted by molar-refractivity contribution is 8.07. The number of nitrogens with one attached hydrogen (secondary N) is 6. The van der Waals surface area contributed by atoms with Crippen LogP contribution < -0.4 is 43.6 Å². The third kappa shape index (κ3) is 17.6. The largest absolute Gasteiger partial charge is 0.481 e. The average Bonchev–Trinajstić information content (AvgIpc) is 1.57. The number of carbonyl (C=O) groups is 8. The quantitative estimate of drug-likeness (QED) is 0.0289. The zero-order valence-corrected chi connectivity index (χ0v) is 54.5. The molecule has 37 nitrogen and oxygen atoms in total. The van der Waals surface area contributed by atoms with Crippen molar-refractivity contribution >= 4 is 125 Å². The van der Waals surface area contributed by atoms with E-state index in [-0.39, 0.29) is 86.7 Å². The van der Waals surface area contributed by atoms with Crippen molar-refractivity contribution in [3.63, 3.8) is 0 Å². The lowest BCUT2D eigenvalue weighted by Crippen LogP contribution is -2.46. The van der Waals surface area contributed by atoms with Crippen molar-refractivity contribution < 1.29 is 99.4 Å². The molecule has 13 atom stereocenters. The van der Waals surface area contributed by atoms with E-state index in [1.165, 1.54) is 43.3 Å². The van der Waals surface area contributed by atoms with E-state index in [1.807, 2.05) is 0 Å². The summed E-state index contributed by atoms with van der Waals surface area (Å²) < 4.78 is 71.7. The Balaban J connectivity index is 0.758. The van der Waals surface area contributed by atoms with Gasteiger partial charge in [-0.25, -0.2) is 38.7 Å². The van der Waals surface area contributed by atoms with Gasteiger partial charge in [-0.3, -0.25) is 57.2 Å². The molecule has 4 aliphatic rings. The number of anilines is 3. The standard InChI is InChI=1S/C53H69FN16O21P2S2/c1-25(2)35(64-32(72)11-13-57-44(75)26(3)16-33(73)74)30(71)17-28(6-5-12-58-49(56)78)45(76)63-29-9-7-27(8-10-29)18-84-52(80)68(4)14-15-83-51(79)67-50-65-43-37(46(77)66-50)62-24-70(43)47-38-34(54)31(88-47)19-86-92(81,94)91-40-39-48(69-23-61-36-41(55)59-22-60-42(36)69)89-53(40,20-85-39)21-87-93(82,95)90-38/h7-10,22-26,28,31,34-35,38-40,47-48H,5-6,11-21H2,1-4H3,(H,57,75)(H,63,76)(H,64,72)(H,73,74)(H,81,94)(H,82,95)(H2,55,59,60)(H3,56,58,78)(H2,65,66,67,77,79)/t26?,28-,31-,34-,35+,38-,39-,40+,47-,48-,53-,92?,93?/m1/s1. The van der Waals surface area contributed by atoms with Crippen molar-refractivity contribution in [1.82, 2.24) is 59.9 Å². The number of amides is 7. The van der Waals surface area contributed by atoms with Crippen LogP contribution >= 0.6 is 13.4 Å². The number of nitrogen functional groups attached to an aromatic ring is 1. The molecule has 4 saturated heterocycles. The number of H-pyrrole nitrogens is 1. The van der Waals surface area contributed by atoms with E-state index in [9.17, 15) is 52.9 Å². The third-order valence-electron chi connectivity index (χ3n) is 15.5. The molecule has 8 heterocycles. The number of imidazole rings is 2. The molecule has 3 unspecified atom stereocenters. The SMILES string of the molecule is CC(CC(=O)O)C(=O)NCCC(=O)N[C@H](C(=O)C[C@@H](CCCNC(N)=O)C(=O)Nc1ccc(COC(=O)N(C)CCOC(=O)Nc2nc3c(ncn3[C@@H]3O[C@@H]4COP(O)(=S)O[C@H]5[C@H]6OC[C@]5(COP(O)(=S)O[C@@H]3[C@@H]4F)O[C@H]6n3cnc4c(N)ncnc43)c(=O)[nH]2)cc1)C(C)C. The lowest BCUT2D eigenvalue weighted by molar-refractivity contribution is -0.183. The number of primary amides is 1. The van der Waals surface area contributed by atoms with Gasteiger partial charge in [-0.1, -0.05) is 32.9 Å². The molecule has 42 heteroatoms. The number of ketones is 1. The number of hydrogen-bond donors (Lipinski definition) is 11. The molecule has 7 amide bonds. The van der Waals surface area contributed by atoms with Gasteiger partial charge >= 0.3 is 37.6 Å². The maximum absolute atomic E-state index is 16.6. The molecule has 516 valence electrons. The van der Waals surface area contributed by atoms with Crippen molar-refractivity contribution in [2.75, 3.05) is 69.5 Å². The molecule has 13 N–H and O–H groups in total. The van der Waals surface area contributed by atoms with Gasteiger partial charge in [-0.05, 0) is 60.1 Å². The van der Waals surface area contributed by atoms with Gasteiger partial charge in [0.05, 0.1) is 51.5 Å². The predicted octanol–water partition coefficient (Wildman–Crippen LogP) is 1.23. The van der Waals surface area contributed by atoms with Crippen LogP contribution in [0.4, 0.5) is 36.2 Å². The van der Waals surface area contributed by atoms with Crippen molar-refractivity contribution in [2.24, 2.45) is 23.5 Å². The summed E-state index contributed by atoms with van der Waals surface area (Å²) >= 11 is 10.8. The number of benzene rings is 1. The molecule has 0 aliphatic carbocycles. The van der Waals surface area contributed by atoms with Crippen molar-refractivity contribution in [1.29, 1.82) is 0 Å². The molecule has 4 fully saturated rings. The van der Waals surface area contributed by atoms with E-state index >= 15 is 4.39 Å². The number of Topliss-reactive ketones (excluding diaryl/α,β-unsaturated/α-hetero) is 1. The van der Waals surface area contributed by atoms with Gasteiger partial charge in [0.1, 0.15) is 55.1 Å². The van der Waals surface area contributed by atoms with Crippen molar-refractivity contribution in [3.8, 4) is 0 Å². The molecule has 95 heavy (non-hydrogen) atoms. The first-order valence-electron chi connectivity index (χ1n) is 29.4. The van der Waals surface area contributed by atoms with E-state index < -0.39 is 171 Å². The fourth-order valence-electron chi connectivity index (χ4n) is 10.6. The molecule has 0 spiro atoms. The number of urea groups is 1. The highest BCUT2D eigenvalue weighted by Gasteiger charge is 2.65. The molecule has 4 aromatic heterocycles. The molecule has 0 saturated carbocycles. The number of rotatable bonds is 25. The summed E-state index contributed by atoms with van der Waals surface area (Å²) in [6.07, 6.45) is -9.36. The number of nitrogens with zero attached hydrogens (tertiary/aromatic N) is 8. The minimum Gasteiger partial charge on any atom is -0.481 e. The van der Waals surface area contributed by atoms with Gasteiger partial charge in [0.15, 0.2) is 47.0 Å². The fourth-order valence-corrected chi connectivity index (χ4v) is 13.5. The Morgan fingerprint density at radius 3 is 2.32 bits per heavy atom. The number of aromatic nitrogens is 8. The fraction of sp³-hybridized carbons (Fsp3) is 0.547. The maximum Gasteiger partial charge on any atom is 0.414 e. The normalized spacial score (nSPS) is 25.8. The van der Waals surface area contributed by atoms with E-state index in [4.69, 9.17) is 82.0 Å². The van der Waals surface area contributed by atoms with Crippen LogP contribution in [0, 0.1) is 17.8 Å². The van der Waals surface area contributed by atoms with Gasteiger partial charge in [-0.2, -0.15) is 4.98 Å². The van der Waals surface area contributed by atoms with Gasteiger partial charge in [-0.15, -0.1) is 0 Å². The van der Waals surface area contributed by atoms with Crippen LogP contribution in [0.25, 0.3) is 22.3 Å². The Morgan fingerprint density at radius 1 is 0.884 bits per heavy atom. The van der Waals surface area contributed by atoms with Gasteiger partial charge < -0.3 is 85.3 Å². The van der Waals surface area contributed by atoms with Crippen LogP contribution in [0.1, 0.15) is 70.9 Å². The highest BCUT2D eigenvalue weighted by Crippen LogP contribution is 2.58. The average molecular weight is 1410 g/mol. The van der Waals surface area contributed by atoms with Gasteiger partial charge in [0, 0.05) is 50.5 Å². The zero-order chi connectivity index (χ0) is 68.7. The molecular weight excluding hydrogens is 1340 g/mol. The Kier molecular flexibility index (Phi) is 22.9. The number of fused-ring (bicyclic) bond motifs is 4. The Hall–Kier alpha value is -7.85. The number of carboxylic acid groups (broad SMARTS) is 1. The topological polar surface area (TPSA) is 503 Å². The maximum atomic E-state index is 16.6. The van der Waals surface area contributed by atoms with Gasteiger partial charge in [0.2, 0.25) is 23.7 Å². The zero-order valence-electron chi connectivity index (χ0n) is 51.1. The minimum atomic E-state index is -4.52. The van der Waals surface area contributed by atoms with Crippen LogP contribution in [0.15, 0.2) is 48.0 Å². The molecular formula is C53H69FN16O21P2S2. The molecule has 5 aromatic rings. The number of aliphatic carboxylic acids is 1. The van der Waals surface area contributed by atoms with Crippen LogP contribution in [0.5, 0.6) is 0 Å². The number of alkyl halides is 1. The van der Waals surface area contributed by atoms with Crippen LogP contribution in [0.2, 0.25) is 0 Å². The predicted molar refractivity (Wildman–Crippen MR) is 333 cm³/mol. The monoisotopic (exact) mass is 1410 g/mol. The Morgan fingerprint density at radius 2 is 1.60 bits per heavy atom. The highest BCUT2D eigenvalue weighted by atomic mass is 32.5. The molecule has 0 radical (unpaired) electrons. The molecule has 4 aliphatic heterocycles. The lowest BCUT2D eigenvalue weighted by atomic mass is 9.89. The smallest absolute Gasteiger partial charge is 0.414 e. The number of aromatic amines is 1. The van der Waals surface area contributed by atoms with Gasteiger partial charge in [0.25, 0.3) is 5.56 Å². The minimum absolute atomic E-state index is 0.0873. The summed E-state index contributed by atoms with van der Waals surface area (Å²) in [6, 6.07) is 4.43. The molecule has 1 aromatic carbocycles. The Labute approximate surface area is 548 Å². The lowest BCUT2D eigenvalue weighted by Gasteiger charge is -2.33. The first kappa shape index (κ1) is 71.4. The first-order valence-corrected chi connectivity index (χ1v) is 34.6. The van der Waals surface area contributed by atoms with Crippen molar-refractivity contribution in [3.05, 3.63) is 59.2 Å². The number of ether oxygens (including phenoxy) is 5. The summed E-state index contributed by atoms with van der Waals surface area (Å²) in [5.74, 6) is -5.79. The number of carbonyl (C=O) groups excluding carboxylic acids is 7. The summed E-state index contributed by atoms with van der Waals surface area (Å²) in [5, 5.41) is 21.6. The van der Waals surface area contributed by atoms with E-state index in [0.717, 1.165) is 15.8 Å². The first-order chi connectivity index (χ1) is 45.0. The summed E-state index contributed by atoms with van der Waals surface area (Å²) in [6.45, 7) is -6.42. The second-order valence-electron chi connectivity index (χ2n) is 22.8. The van der Waals surface area contributed by atoms with E-state index in [1.54, 1.807) is 26.0 Å². The second-order valence-corrected chi connectivity index (χ2v) is 28.4. The number of halogens is 1. The van der Waals surface area contributed by atoms with Crippen LogP contribution in [-0.2, 0) is 96.0 Å².